The highest BCUT2D eigenvalue weighted by Gasteiger charge is 2.20. The van der Waals surface area contributed by atoms with Crippen molar-refractivity contribution in [1.29, 1.82) is 0 Å². The standard InChI is InChI=1S/C15H11ClO4/c1-20-13-7-6-9(16)8-12(13)14(17)10-4-2-3-5-11(10)15(18)19/h2-8H,1H3,(H,18,19). The van der Waals surface area contributed by atoms with Crippen LogP contribution in [0.3, 0.4) is 0 Å². The van der Waals surface area contributed by atoms with Gasteiger partial charge in [-0.05, 0) is 24.3 Å². The van der Waals surface area contributed by atoms with Crippen LogP contribution in [0.15, 0.2) is 42.5 Å². The predicted molar refractivity (Wildman–Crippen MR) is 74.8 cm³/mol. The van der Waals surface area contributed by atoms with Crippen molar-refractivity contribution >= 4 is 23.4 Å². The zero-order valence-electron chi connectivity index (χ0n) is 10.6. The predicted octanol–water partition coefficient (Wildman–Crippen LogP) is 3.28. The van der Waals surface area contributed by atoms with Gasteiger partial charge in [-0.3, -0.25) is 4.79 Å². The van der Waals surface area contributed by atoms with Crippen molar-refractivity contribution < 1.29 is 19.4 Å². The number of carboxylic acid groups (broad SMARTS) is 1. The molecule has 4 nitrogen and oxygen atoms in total. The Balaban J connectivity index is 2.57. The van der Waals surface area contributed by atoms with E-state index < -0.39 is 11.8 Å². The second-order valence-corrected chi connectivity index (χ2v) is 4.46. The molecule has 0 aliphatic carbocycles. The van der Waals surface area contributed by atoms with Crippen LogP contribution in [0, 0.1) is 0 Å². The number of rotatable bonds is 4. The van der Waals surface area contributed by atoms with Crippen molar-refractivity contribution in [3.05, 3.63) is 64.2 Å². The molecule has 0 radical (unpaired) electrons. The van der Waals surface area contributed by atoms with E-state index >= 15 is 0 Å². The van der Waals surface area contributed by atoms with E-state index in [4.69, 9.17) is 21.4 Å². The van der Waals surface area contributed by atoms with E-state index in [0.717, 1.165) is 0 Å². The highest BCUT2D eigenvalue weighted by Crippen LogP contribution is 2.26. The maximum Gasteiger partial charge on any atom is 0.336 e. The Morgan fingerprint density at radius 3 is 2.30 bits per heavy atom. The summed E-state index contributed by atoms with van der Waals surface area (Å²) in [4.78, 5) is 23.7. The number of hydrogen-bond donors (Lipinski definition) is 1. The maximum atomic E-state index is 12.5. The Labute approximate surface area is 120 Å². The average molecular weight is 291 g/mol. The molecule has 0 aliphatic heterocycles. The molecule has 20 heavy (non-hydrogen) atoms. The topological polar surface area (TPSA) is 63.6 Å². The summed E-state index contributed by atoms with van der Waals surface area (Å²) >= 11 is 5.88. The average Bonchev–Trinajstić information content (AvgIpc) is 2.46. The van der Waals surface area contributed by atoms with Crippen LogP contribution in [0.5, 0.6) is 5.75 Å². The van der Waals surface area contributed by atoms with Gasteiger partial charge in [0.2, 0.25) is 0 Å². The van der Waals surface area contributed by atoms with Crippen LogP contribution in [-0.4, -0.2) is 24.0 Å². The van der Waals surface area contributed by atoms with E-state index in [0.29, 0.717) is 10.8 Å². The zero-order chi connectivity index (χ0) is 14.7. The van der Waals surface area contributed by atoms with Gasteiger partial charge in [-0.1, -0.05) is 29.8 Å². The zero-order valence-corrected chi connectivity index (χ0v) is 11.3. The molecule has 0 unspecified atom stereocenters. The first-order valence-electron chi connectivity index (χ1n) is 5.75. The van der Waals surface area contributed by atoms with Gasteiger partial charge in [0.05, 0.1) is 18.2 Å². The first kappa shape index (κ1) is 14.1. The number of methoxy groups -OCH3 is 1. The molecule has 0 amide bonds. The van der Waals surface area contributed by atoms with Crippen molar-refractivity contribution in [3.63, 3.8) is 0 Å². The molecule has 0 saturated heterocycles. The Bertz CT molecular complexity index is 679. The van der Waals surface area contributed by atoms with Gasteiger partial charge in [0, 0.05) is 10.6 Å². The Morgan fingerprint density at radius 2 is 1.70 bits per heavy atom. The normalized spacial score (nSPS) is 10.1. The number of ketones is 1. The number of hydrogen-bond acceptors (Lipinski definition) is 3. The fourth-order valence-corrected chi connectivity index (χ4v) is 2.04. The van der Waals surface area contributed by atoms with E-state index in [1.165, 1.54) is 25.3 Å². The molecular formula is C15H11ClO4. The first-order valence-corrected chi connectivity index (χ1v) is 6.13. The number of carbonyl (C=O) groups excluding carboxylic acids is 1. The summed E-state index contributed by atoms with van der Waals surface area (Å²) < 4.78 is 5.12. The quantitative estimate of drug-likeness (QED) is 0.878. The van der Waals surface area contributed by atoms with Crippen molar-refractivity contribution in [2.45, 2.75) is 0 Å². The molecule has 0 aromatic heterocycles. The summed E-state index contributed by atoms with van der Waals surface area (Å²) in [5.41, 5.74) is 0.272. The molecule has 1 N–H and O–H groups in total. The number of halogens is 1. The Morgan fingerprint density at radius 1 is 1.05 bits per heavy atom. The molecule has 0 spiro atoms. The lowest BCUT2D eigenvalue weighted by atomic mass is 9.98. The minimum absolute atomic E-state index is 0.0560. The van der Waals surface area contributed by atoms with Gasteiger partial charge in [0.15, 0.2) is 5.78 Å². The highest BCUT2D eigenvalue weighted by molar-refractivity contribution is 6.31. The van der Waals surface area contributed by atoms with Gasteiger partial charge in [0.1, 0.15) is 5.75 Å². The van der Waals surface area contributed by atoms with Crippen molar-refractivity contribution in [2.75, 3.05) is 7.11 Å². The van der Waals surface area contributed by atoms with Gasteiger partial charge >= 0.3 is 5.97 Å². The molecule has 0 saturated carbocycles. The van der Waals surface area contributed by atoms with Crippen LogP contribution in [0.4, 0.5) is 0 Å². The second-order valence-electron chi connectivity index (χ2n) is 4.02. The van der Waals surface area contributed by atoms with Crippen LogP contribution in [0.25, 0.3) is 0 Å². The van der Waals surface area contributed by atoms with E-state index in [2.05, 4.69) is 0 Å². The van der Waals surface area contributed by atoms with E-state index in [1.807, 2.05) is 0 Å². The number of carboxylic acids is 1. The van der Waals surface area contributed by atoms with E-state index in [1.54, 1.807) is 24.3 Å². The molecule has 102 valence electrons. The summed E-state index contributed by atoms with van der Waals surface area (Å²) in [5, 5.41) is 9.51. The third kappa shape index (κ3) is 2.65. The molecule has 0 atom stereocenters. The summed E-state index contributed by atoms with van der Waals surface area (Å²) in [6, 6.07) is 10.6. The smallest absolute Gasteiger partial charge is 0.336 e. The molecule has 0 bridgehead atoms. The van der Waals surface area contributed by atoms with Crippen LogP contribution in [0.1, 0.15) is 26.3 Å². The SMILES string of the molecule is COc1ccc(Cl)cc1C(=O)c1ccccc1C(=O)O. The fraction of sp³-hybridized carbons (Fsp3) is 0.0667. The third-order valence-corrected chi connectivity index (χ3v) is 3.04. The van der Waals surface area contributed by atoms with Crippen molar-refractivity contribution in [3.8, 4) is 5.75 Å². The lowest BCUT2D eigenvalue weighted by Gasteiger charge is -2.09. The monoisotopic (exact) mass is 290 g/mol. The molecule has 2 aromatic carbocycles. The Kier molecular flexibility index (Phi) is 4.05. The second kappa shape index (κ2) is 5.75. The maximum absolute atomic E-state index is 12.5. The summed E-state index contributed by atoms with van der Waals surface area (Å²) in [7, 11) is 1.43. The molecule has 0 aliphatic rings. The first-order chi connectivity index (χ1) is 9.54. The summed E-state index contributed by atoms with van der Waals surface area (Å²) in [6.45, 7) is 0. The van der Waals surface area contributed by atoms with Crippen molar-refractivity contribution in [1.82, 2.24) is 0 Å². The fourth-order valence-electron chi connectivity index (χ4n) is 1.87. The minimum atomic E-state index is -1.16. The van der Waals surface area contributed by atoms with Crippen LogP contribution >= 0.6 is 11.6 Å². The summed E-state index contributed by atoms with van der Waals surface area (Å²) in [6.07, 6.45) is 0. The van der Waals surface area contributed by atoms with Crippen LogP contribution < -0.4 is 4.74 Å². The largest absolute Gasteiger partial charge is 0.496 e. The van der Waals surface area contributed by atoms with E-state index in [-0.39, 0.29) is 16.7 Å². The molecule has 2 rings (SSSR count). The van der Waals surface area contributed by atoms with Crippen LogP contribution in [0.2, 0.25) is 5.02 Å². The summed E-state index contributed by atoms with van der Waals surface area (Å²) in [5.74, 6) is -1.25. The van der Waals surface area contributed by atoms with E-state index in [9.17, 15) is 9.59 Å². The molecule has 0 fully saturated rings. The number of carbonyl (C=O) groups is 2. The molecule has 2 aromatic rings. The lowest BCUT2D eigenvalue weighted by Crippen LogP contribution is -2.10. The molecular weight excluding hydrogens is 280 g/mol. The highest BCUT2D eigenvalue weighted by atomic mass is 35.5. The number of benzene rings is 2. The van der Waals surface area contributed by atoms with Crippen LogP contribution in [-0.2, 0) is 0 Å². The molecule has 5 heteroatoms. The van der Waals surface area contributed by atoms with Gasteiger partial charge < -0.3 is 9.84 Å². The van der Waals surface area contributed by atoms with Crippen molar-refractivity contribution in [2.24, 2.45) is 0 Å². The molecule has 0 heterocycles. The minimum Gasteiger partial charge on any atom is -0.496 e. The van der Waals surface area contributed by atoms with Gasteiger partial charge in [-0.2, -0.15) is 0 Å². The van der Waals surface area contributed by atoms with Gasteiger partial charge in [0.25, 0.3) is 0 Å². The number of ether oxygens (including phenoxy) is 1. The number of aromatic carboxylic acids is 1. The lowest BCUT2D eigenvalue weighted by molar-refractivity contribution is 0.0692. The Hall–Kier alpha value is -2.33. The van der Waals surface area contributed by atoms with Gasteiger partial charge in [-0.25, -0.2) is 4.79 Å². The third-order valence-electron chi connectivity index (χ3n) is 2.81. The van der Waals surface area contributed by atoms with Gasteiger partial charge in [-0.15, -0.1) is 0 Å².